The molecule has 14 heteroatoms. The number of aromatic nitrogens is 2. The highest BCUT2D eigenvalue weighted by molar-refractivity contribution is 6.00. The van der Waals surface area contributed by atoms with Gasteiger partial charge in [0.1, 0.15) is 53.8 Å². The second-order valence-electron chi connectivity index (χ2n) is 10.4. The van der Waals surface area contributed by atoms with Gasteiger partial charge in [-0.25, -0.2) is 13.8 Å². The molecule has 1 aliphatic rings. The monoisotopic (exact) mass is 616 g/mol. The van der Waals surface area contributed by atoms with E-state index in [1.165, 1.54) is 37.4 Å². The molecule has 4 aromatic rings. The Balaban J connectivity index is 1.57. The number of pyridine rings is 2. The van der Waals surface area contributed by atoms with Gasteiger partial charge in [-0.3, -0.25) is 14.6 Å². The summed E-state index contributed by atoms with van der Waals surface area (Å²) in [5.74, 6) is -2.57. The first-order chi connectivity index (χ1) is 20.8. The number of ether oxygens (including phenoxy) is 2. The Kier molecular flexibility index (Phi) is 7.88. The fraction of sp³-hybridized carbons (Fsp3) is 0.267. The van der Waals surface area contributed by atoms with E-state index in [2.05, 4.69) is 15.3 Å². The van der Waals surface area contributed by atoms with Crippen molar-refractivity contribution in [3.05, 3.63) is 83.4 Å². The molecule has 0 bridgehead atoms. The molecular weight excluding hydrogens is 591 g/mol. The second kappa shape index (κ2) is 11.3. The van der Waals surface area contributed by atoms with Gasteiger partial charge in [-0.05, 0) is 55.5 Å². The average Bonchev–Trinajstić information content (AvgIpc) is 3.35. The lowest BCUT2D eigenvalue weighted by Gasteiger charge is -2.31. The number of hydrogen-bond acceptors (Lipinski definition) is 7. The van der Waals surface area contributed by atoms with Crippen LogP contribution in [0.5, 0.6) is 11.5 Å². The number of nitrogens with zero attached hydrogens (tertiary/aromatic N) is 2. The smallest absolute Gasteiger partial charge is 0.424 e. The summed E-state index contributed by atoms with van der Waals surface area (Å²) in [6.07, 6.45) is -3.95. The molecule has 2 amide bonds. The van der Waals surface area contributed by atoms with Crippen LogP contribution < -0.4 is 20.5 Å². The summed E-state index contributed by atoms with van der Waals surface area (Å²) in [6.45, 7) is -1.54. The zero-order valence-electron chi connectivity index (χ0n) is 23.0. The van der Waals surface area contributed by atoms with Gasteiger partial charge in [0.25, 0.3) is 5.91 Å². The molecule has 9 nitrogen and oxygen atoms in total. The fourth-order valence-electron chi connectivity index (χ4n) is 4.80. The molecule has 0 fully saturated rings. The lowest BCUT2D eigenvalue weighted by molar-refractivity contribution is -0.265. The maximum atomic E-state index is 14.7. The molecule has 0 radical (unpaired) electrons. The number of benzene rings is 2. The number of halogens is 5. The SMILES string of the molecule is C[C@]1(C(N)=O)COc2c1cc([C@@](O)(CNC(=O)c1cc(OCCF)c3ncccc3c1)C(F)(F)F)nc2-c1ccc(F)cc1. The van der Waals surface area contributed by atoms with Crippen LogP contribution in [-0.2, 0) is 15.8 Å². The standard InChI is InChI=1S/C30H25F5N4O5/c1-28(27(36)41)15-44-25-20(28)13-22(39-24(25)16-4-6-19(32)7-5-16)29(42,30(33,34)35)14-38-26(40)18-11-17-3-2-9-37-23(17)21(12-18)43-10-8-31/h2-7,9,11-13,42H,8,10,14-15H2,1H3,(H2,36,41)(H,38,40)/t28-,29-/m0/s1. The van der Waals surface area contributed by atoms with Gasteiger partial charge in [0.15, 0.2) is 0 Å². The predicted octanol–water partition coefficient (Wildman–Crippen LogP) is 4.10. The van der Waals surface area contributed by atoms with Crippen molar-refractivity contribution in [2.24, 2.45) is 5.73 Å². The van der Waals surface area contributed by atoms with E-state index < -0.39 is 53.7 Å². The summed E-state index contributed by atoms with van der Waals surface area (Å²) in [7, 11) is 0. The van der Waals surface area contributed by atoms with Crippen LogP contribution in [0.2, 0.25) is 0 Å². The summed E-state index contributed by atoms with van der Waals surface area (Å²) in [4.78, 5) is 33.7. The maximum Gasteiger partial charge on any atom is 0.424 e. The first-order valence-electron chi connectivity index (χ1n) is 13.2. The van der Waals surface area contributed by atoms with Gasteiger partial charge in [0, 0.05) is 28.3 Å². The summed E-state index contributed by atoms with van der Waals surface area (Å²) in [5.41, 5.74) is -0.726. The Labute approximate surface area is 246 Å². The Morgan fingerprint density at radius 1 is 1.16 bits per heavy atom. The number of hydrogen-bond donors (Lipinski definition) is 3. The highest BCUT2D eigenvalue weighted by Crippen LogP contribution is 2.47. The molecule has 0 saturated heterocycles. The summed E-state index contributed by atoms with van der Waals surface area (Å²) in [6, 6.07) is 11.2. The van der Waals surface area contributed by atoms with Gasteiger partial charge in [-0.2, -0.15) is 13.2 Å². The van der Waals surface area contributed by atoms with E-state index in [0.29, 0.717) is 10.9 Å². The van der Waals surface area contributed by atoms with Crippen molar-refractivity contribution in [1.29, 1.82) is 0 Å². The minimum absolute atomic E-state index is 0.0342. The first kappa shape index (κ1) is 30.6. The maximum absolute atomic E-state index is 14.7. The molecular formula is C30H25F5N4O5. The number of carbonyl (C=O) groups is 2. The predicted molar refractivity (Wildman–Crippen MR) is 147 cm³/mol. The van der Waals surface area contributed by atoms with Crippen LogP contribution in [0.1, 0.15) is 28.5 Å². The number of nitrogens with one attached hydrogen (secondary N) is 1. The second-order valence-corrected chi connectivity index (χ2v) is 10.4. The molecule has 5 rings (SSSR count). The van der Waals surface area contributed by atoms with E-state index in [1.54, 1.807) is 12.1 Å². The number of rotatable bonds is 9. The zero-order chi connectivity index (χ0) is 31.9. The number of primary amides is 1. The molecule has 0 aliphatic carbocycles. The average molecular weight is 617 g/mol. The van der Waals surface area contributed by atoms with E-state index in [9.17, 15) is 36.6 Å². The van der Waals surface area contributed by atoms with Crippen molar-refractivity contribution in [2.75, 3.05) is 26.4 Å². The Morgan fingerprint density at radius 3 is 2.55 bits per heavy atom. The van der Waals surface area contributed by atoms with Crippen molar-refractivity contribution in [3.63, 3.8) is 0 Å². The third-order valence-corrected chi connectivity index (χ3v) is 7.40. The number of aliphatic hydroxyl groups is 1. The number of nitrogens with two attached hydrogens (primary N) is 1. The van der Waals surface area contributed by atoms with Gasteiger partial charge in [-0.1, -0.05) is 6.07 Å². The molecule has 2 aromatic carbocycles. The normalized spacial score (nSPS) is 17.4. The van der Waals surface area contributed by atoms with Crippen LogP contribution in [-0.4, -0.2) is 59.5 Å². The Bertz CT molecular complexity index is 1750. The van der Waals surface area contributed by atoms with Crippen LogP contribution in [0.25, 0.3) is 22.2 Å². The molecule has 0 saturated carbocycles. The number of amides is 2. The fourth-order valence-corrected chi connectivity index (χ4v) is 4.80. The van der Waals surface area contributed by atoms with Gasteiger partial charge in [0.05, 0.1) is 12.2 Å². The third-order valence-electron chi connectivity index (χ3n) is 7.40. The summed E-state index contributed by atoms with van der Waals surface area (Å²) >= 11 is 0. The minimum Gasteiger partial charge on any atom is -0.489 e. The minimum atomic E-state index is -5.40. The van der Waals surface area contributed by atoms with Gasteiger partial charge >= 0.3 is 6.18 Å². The molecule has 2 aromatic heterocycles. The number of fused-ring (bicyclic) bond motifs is 2. The van der Waals surface area contributed by atoms with Crippen LogP contribution in [0.4, 0.5) is 22.0 Å². The van der Waals surface area contributed by atoms with Crippen molar-refractivity contribution in [1.82, 2.24) is 15.3 Å². The number of alkyl halides is 4. The van der Waals surface area contributed by atoms with Crippen molar-refractivity contribution >= 4 is 22.7 Å². The molecule has 44 heavy (non-hydrogen) atoms. The quantitative estimate of drug-likeness (QED) is 0.241. The van der Waals surface area contributed by atoms with Crippen molar-refractivity contribution in [2.45, 2.75) is 24.1 Å². The van der Waals surface area contributed by atoms with Crippen molar-refractivity contribution in [3.8, 4) is 22.8 Å². The lowest BCUT2D eigenvalue weighted by Crippen LogP contribution is -2.51. The lowest BCUT2D eigenvalue weighted by atomic mass is 9.81. The molecule has 3 heterocycles. The van der Waals surface area contributed by atoms with Crippen LogP contribution in [0.15, 0.2) is 60.8 Å². The van der Waals surface area contributed by atoms with E-state index in [0.717, 1.165) is 18.2 Å². The third kappa shape index (κ3) is 5.36. The summed E-state index contributed by atoms with van der Waals surface area (Å²) < 4.78 is 81.4. The topological polar surface area (TPSA) is 137 Å². The Morgan fingerprint density at radius 2 is 1.89 bits per heavy atom. The largest absolute Gasteiger partial charge is 0.489 e. The highest BCUT2D eigenvalue weighted by atomic mass is 19.4. The van der Waals surface area contributed by atoms with Gasteiger partial charge in [-0.15, -0.1) is 0 Å². The van der Waals surface area contributed by atoms with Crippen molar-refractivity contribution < 1.29 is 46.1 Å². The molecule has 0 spiro atoms. The van der Waals surface area contributed by atoms with Gasteiger partial charge in [0.2, 0.25) is 11.5 Å². The van der Waals surface area contributed by atoms with E-state index in [4.69, 9.17) is 15.2 Å². The molecule has 230 valence electrons. The Hall–Kier alpha value is -4.85. The summed E-state index contributed by atoms with van der Waals surface area (Å²) in [5, 5.41) is 13.7. The van der Waals surface area contributed by atoms with E-state index in [-0.39, 0.29) is 47.1 Å². The number of carbonyl (C=O) groups excluding carboxylic acids is 2. The zero-order valence-corrected chi connectivity index (χ0v) is 23.0. The van der Waals surface area contributed by atoms with E-state index in [1.807, 2.05) is 0 Å². The molecule has 0 unspecified atom stereocenters. The van der Waals surface area contributed by atoms with Gasteiger partial charge < -0.3 is 25.6 Å². The van der Waals surface area contributed by atoms with Crippen LogP contribution in [0, 0.1) is 5.82 Å². The molecule has 2 atom stereocenters. The van der Waals surface area contributed by atoms with Crippen LogP contribution in [0.3, 0.4) is 0 Å². The molecule has 1 aliphatic heterocycles. The van der Waals surface area contributed by atoms with Crippen LogP contribution >= 0.6 is 0 Å². The first-order valence-corrected chi connectivity index (χ1v) is 13.2. The molecule has 4 N–H and O–H groups in total. The van der Waals surface area contributed by atoms with E-state index >= 15 is 0 Å². The highest BCUT2D eigenvalue weighted by Gasteiger charge is 2.57.